The van der Waals surface area contributed by atoms with Gasteiger partial charge in [-0.15, -0.1) is 0 Å². The second-order valence-electron chi connectivity index (χ2n) is 4.64. The van der Waals surface area contributed by atoms with Crippen molar-refractivity contribution in [1.82, 2.24) is 9.80 Å². The number of carbonyl (C=O) groups is 2. The fourth-order valence-electron chi connectivity index (χ4n) is 2.25. The largest absolute Gasteiger partial charge is 0.342 e. The van der Waals surface area contributed by atoms with E-state index in [9.17, 15) is 19.7 Å². The first-order valence-corrected chi connectivity index (χ1v) is 6.27. The predicted octanol–water partition coefficient (Wildman–Crippen LogP) is 0.817. The van der Waals surface area contributed by atoms with Gasteiger partial charge in [0.2, 0.25) is 6.41 Å². The van der Waals surface area contributed by atoms with Gasteiger partial charge < -0.3 is 9.80 Å². The maximum Gasteiger partial charge on any atom is 0.273 e. The maximum atomic E-state index is 12.4. The zero-order valence-corrected chi connectivity index (χ0v) is 11.1. The normalized spacial score (nSPS) is 15.1. The van der Waals surface area contributed by atoms with Crippen molar-refractivity contribution in [3.63, 3.8) is 0 Å². The summed E-state index contributed by atoms with van der Waals surface area (Å²) in [6.45, 7) is 3.44. The van der Waals surface area contributed by atoms with Crippen molar-refractivity contribution in [2.75, 3.05) is 26.2 Å². The summed E-state index contributed by atoms with van der Waals surface area (Å²) >= 11 is 0. The summed E-state index contributed by atoms with van der Waals surface area (Å²) in [4.78, 5) is 36.6. The minimum Gasteiger partial charge on any atom is -0.342 e. The Balaban J connectivity index is 2.20. The van der Waals surface area contributed by atoms with Gasteiger partial charge in [0.1, 0.15) is 0 Å². The molecule has 1 saturated heterocycles. The molecule has 0 unspecified atom stereocenters. The van der Waals surface area contributed by atoms with Crippen LogP contribution in [0, 0.1) is 17.0 Å². The molecule has 0 saturated carbocycles. The molecule has 1 aliphatic rings. The summed E-state index contributed by atoms with van der Waals surface area (Å²) in [5.74, 6) is -0.225. The van der Waals surface area contributed by atoms with Crippen molar-refractivity contribution in [3.8, 4) is 0 Å². The van der Waals surface area contributed by atoms with Crippen molar-refractivity contribution in [2.45, 2.75) is 6.92 Å². The molecule has 0 aromatic heterocycles. The number of nitro groups is 1. The van der Waals surface area contributed by atoms with Crippen LogP contribution in [0.15, 0.2) is 18.2 Å². The summed E-state index contributed by atoms with van der Waals surface area (Å²) in [5, 5.41) is 10.9. The van der Waals surface area contributed by atoms with Gasteiger partial charge in [-0.2, -0.15) is 0 Å². The van der Waals surface area contributed by atoms with E-state index < -0.39 is 4.92 Å². The van der Waals surface area contributed by atoms with Crippen LogP contribution < -0.4 is 0 Å². The van der Waals surface area contributed by atoms with Crippen LogP contribution in [0.2, 0.25) is 0 Å². The van der Waals surface area contributed by atoms with Crippen molar-refractivity contribution in [1.29, 1.82) is 0 Å². The lowest BCUT2D eigenvalue weighted by molar-refractivity contribution is -0.385. The van der Waals surface area contributed by atoms with Crippen LogP contribution >= 0.6 is 0 Å². The van der Waals surface area contributed by atoms with E-state index in [1.165, 1.54) is 12.1 Å². The number of rotatable bonds is 3. The summed E-state index contributed by atoms with van der Waals surface area (Å²) in [7, 11) is 0. The number of carbonyl (C=O) groups excluding carboxylic acids is 2. The molecule has 7 heteroatoms. The van der Waals surface area contributed by atoms with E-state index >= 15 is 0 Å². The highest BCUT2D eigenvalue weighted by Crippen LogP contribution is 2.22. The molecule has 0 radical (unpaired) electrons. The minimum absolute atomic E-state index is 0.0534. The number of benzene rings is 1. The number of nitrogens with zero attached hydrogens (tertiary/aromatic N) is 3. The van der Waals surface area contributed by atoms with E-state index in [2.05, 4.69) is 0 Å². The zero-order chi connectivity index (χ0) is 14.7. The third-order valence-electron chi connectivity index (χ3n) is 3.48. The highest BCUT2D eigenvalue weighted by Gasteiger charge is 2.25. The van der Waals surface area contributed by atoms with E-state index in [1.807, 2.05) is 0 Å². The second-order valence-corrected chi connectivity index (χ2v) is 4.64. The number of amides is 2. The lowest BCUT2D eigenvalue weighted by Gasteiger charge is -2.32. The van der Waals surface area contributed by atoms with Crippen molar-refractivity contribution >= 4 is 18.0 Å². The Morgan fingerprint density at radius 2 is 1.95 bits per heavy atom. The summed E-state index contributed by atoms with van der Waals surface area (Å²) in [5.41, 5.74) is 0.668. The average Bonchev–Trinajstić information content (AvgIpc) is 2.46. The first-order chi connectivity index (χ1) is 9.54. The number of nitro benzene ring substituents is 1. The number of piperazine rings is 1. The van der Waals surface area contributed by atoms with Gasteiger partial charge in [0.25, 0.3) is 11.6 Å². The van der Waals surface area contributed by atoms with Gasteiger partial charge in [0.05, 0.1) is 4.92 Å². The SMILES string of the molecule is Cc1c(C(=O)N2CCN(C=O)CC2)cccc1[N+](=O)[O-]. The van der Waals surface area contributed by atoms with Gasteiger partial charge in [0.15, 0.2) is 0 Å². The number of hydrogen-bond acceptors (Lipinski definition) is 4. The van der Waals surface area contributed by atoms with E-state index in [0.717, 1.165) is 6.41 Å². The molecule has 1 aliphatic heterocycles. The minimum atomic E-state index is -0.490. The molecule has 2 amide bonds. The first-order valence-electron chi connectivity index (χ1n) is 6.27. The Morgan fingerprint density at radius 1 is 1.30 bits per heavy atom. The molecule has 20 heavy (non-hydrogen) atoms. The molecule has 106 valence electrons. The Morgan fingerprint density at radius 3 is 2.50 bits per heavy atom. The van der Waals surface area contributed by atoms with Crippen molar-refractivity contribution in [3.05, 3.63) is 39.4 Å². The summed E-state index contributed by atoms with van der Waals surface area (Å²) in [6.07, 6.45) is 0.764. The fraction of sp³-hybridized carbons (Fsp3) is 0.385. The fourth-order valence-corrected chi connectivity index (χ4v) is 2.25. The Hall–Kier alpha value is -2.44. The molecule has 0 N–H and O–H groups in total. The third-order valence-corrected chi connectivity index (χ3v) is 3.48. The lowest BCUT2D eigenvalue weighted by atomic mass is 10.1. The smallest absolute Gasteiger partial charge is 0.273 e. The molecule has 1 aromatic rings. The maximum absolute atomic E-state index is 12.4. The van der Waals surface area contributed by atoms with Crippen LogP contribution in [0.5, 0.6) is 0 Å². The van der Waals surface area contributed by atoms with Gasteiger partial charge in [-0.05, 0) is 13.0 Å². The van der Waals surface area contributed by atoms with Crippen LogP contribution in [0.3, 0.4) is 0 Å². The van der Waals surface area contributed by atoms with Crippen LogP contribution in [0.1, 0.15) is 15.9 Å². The van der Waals surface area contributed by atoms with Crippen molar-refractivity contribution < 1.29 is 14.5 Å². The summed E-state index contributed by atoms with van der Waals surface area (Å²) in [6, 6.07) is 4.49. The molecule has 7 nitrogen and oxygen atoms in total. The Kier molecular flexibility index (Phi) is 3.97. The van der Waals surface area contributed by atoms with Crippen molar-refractivity contribution in [2.24, 2.45) is 0 Å². The van der Waals surface area contributed by atoms with Crippen LogP contribution in [-0.2, 0) is 4.79 Å². The molecule has 1 heterocycles. The molecule has 1 fully saturated rings. The molecule has 0 atom stereocenters. The molecule has 2 rings (SSSR count). The topological polar surface area (TPSA) is 83.8 Å². The standard InChI is InChI=1S/C13H15N3O4/c1-10-11(3-2-4-12(10)16(19)20)13(18)15-7-5-14(9-17)6-8-15/h2-4,9H,5-8H2,1H3. The molecule has 0 spiro atoms. The Labute approximate surface area is 115 Å². The molecular formula is C13H15N3O4. The third kappa shape index (κ3) is 2.61. The zero-order valence-electron chi connectivity index (χ0n) is 11.1. The van der Waals surface area contributed by atoms with Crippen LogP contribution in [-0.4, -0.2) is 53.2 Å². The van der Waals surface area contributed by atoms with Crippen LogP contribution in [0.4, 0.5) is 5.69 Å². The van der Waals surface area contributed by atoms with Gasteiger partial charge in [-0.1, -0.05) is 6.07 Å². The molecular weight excluding hydrogens is 262 g/mol. The first kappa shape index (κ1) is 14.0. The average molecular weight is 277 g/mol. The van der Waals surface area contributed by atoms with Gasteiger partial charge >= 0.3 is 0 Å². The Bertz CT molecular complexity index is 551. The van der Waals surface area contributed by atoms with Gasteiger partial charge in [0, 0.05) is 43.4 Å². The van der Waals surface area contributed by atoms with E-state index in [4.69, 9.17) is 0 Å². The summed E-state index contributed by atoms with van der Waals surface area (Å²) < 4.78 is 0. The van der Waals surface area contributed by atoms with Crippen LogP contribution in [0.25, 0.3) is 0 Å². The van der Waals surface area contributed by atoms with Gasteiger partial charge in [-0.25, -0.2) is 0 Å². The molecule has 0 aliphatic carbocycles. The van der Waals surface area contributed by atoms with E-state index in [0.29, 0.717) is 37.3 Å². The highest BCUT2D eigenvalue weighted by atomic mass is 16.6. The monoisotopic (exact) mass is 277 g/mol. The highest BCUT2D eigenvalue weighted by molar-refractivity contribution is 5.96. The van der Waals surface area contributed by atoms with E-state index in [-0.39, 0.29) is 11.6 Å². The predicted molar refractivity (Wildman–Crippen MR) is 71.4 cm³/mol. The lowest BCUT2D eigenvalue weighted by Crippen LogP contribution is -2.48. The quantitative estimate of drug-likeness (QED) is 0.465. The van der Waals surface area contributed by atoms with Gasteiger partial charge in [-0.3, -0.25) is 19.7 Å². The number of hydrogen-bond donors (Lipinski definition) is 0. The second kappa shape index (κ2) is 5.68. The molecule has 0 bridgehead atoms. The molecule has 1 aromatic carbocycles. The van der Waals surface area contributed by atoms with E-state index in [1.54, 1.807) is 22.8 Å².